The lowest BCUT2D eigenvalue weighted by Gasteiger charge is -2.25. The average molecular weight is 213 g/mol. The molecule has 1 aromatic carbocycles. The summed E-state index contributed by atoms with van der Waals surface area (Å²) in [4.78, 5) is 17.8. The molecule has 0 amide bonds. The van der Waals surface area contributed by atoms with Crippen LogP contribution in [0, 0.1) is 6.07 Å². The van der Waals surface area contributed by atoms with E-state index >= 15 is 0 Å². The molecular formula is C10H14O3P. The Labute approximate surface area is 83.9 Å². The Bertz CT molecular complexity index is 340. The van der Waals surface area contributed by atoms with Crippen LogP contribution in [-0.2, 0) is 9.98 Å². The monoisotopic (exact) mass is 213 g/mol. The van der Waals surface area contributed by atoms with Crippen LogP contribution in [0.4, 0.5) is 0 Å². The van der Waals surface area contributed by atoms with Crippen LogP contribution in [0.1, 0.15) is 19.4 Å². The summed E-state index contributed by atoms with van der Waals surface area (Å²) < 4.78 is 10.9. The van der Waals surface area contributed by atoms with Gasteiger partial charge in [0.2, 0.25) is 0 Å². The van der Waals surface area contributed by atoms with Gasteiger partial charge in [0.05, 0.1) is 6.16 Å². The van der Waals surface area contributed by atoms with Crippen LogP contribution in [0.5, 0.6) is 0 Å². The highest BCUT2D eigenvalue weighted by atomic mass is 31.2. The molecule has 0 unspecified atom stereocenters. The standard InChI is InChI=1S/C10H14O3P/c1-10(2,8-14(11,12)13)9-6-4-3-5-7-9/h4-7H,8H2,1-2H3,(H2,11,12,13). The Morgan fingerprint density at radius 3 is 2.29 bits per heavy atom. The van der Waals surface area contributed by atoms with Crippen LogP contribution in [0.2, 0.25) is 0 Å². The van der Waals surface area contributed by atoms with E-state index in [1.807, 2.05) is 26.0 Å². The van der Waals surface area contributed by atoms with E-state index in [1.165, 1.54) is 0 Å². The van der Waals surface area contributed by atoms with Gasteiger partial charge in [0.1, 0.15) is 0 Å². The Morgan fingerprint density at radius 1 is 1.36 bits per heavy atom. The molecule has 1 rings (SSSR count). The molecule has 1 aromatic rings. The molecule has 77 valence electrons. The second kappa shape index (κ2) is 3.85. The van der Waals surface area contributed by atoms with E-state index in [0.29, 0.717) is 0 Å². The maximum Gasteiger partial charge on any atom is 0.326 e. The topological polar surface area (TPSA) is 57.5 Å². The smallest absolute Gasteiger partial charge is 0.324 e. The van der Waals surface area contributed by atoms with E-state index in [4.69, 9.17) is 9.79 Å². The zero-order valence-corrected chi connectivity index (χ0v) is 9.16. The molecule has 0 aromatic heterocycles. The van der Waals surface area contributed by atoms with Gasteiger partial charge in [-0.25, -0.2) is 0 Å². The molecule has 3 nitrogen and oxygen atoms in total. The van der Waals surface area contributed by atoms with E-state index in [9.17, 15) is 4.57 Å². The van der Waals surface area contributed by atoms with Gasteiger partial charge in [-0.1, -0.05) is 38.1 Å². The van der Waals surface area contributed by atoms with Gasteiger partial charge in [0, 0.05) is 5.41 Å². The molecule has 0 aliphatic rings. The van der Waals surface area contributed by atoms with Crippen molar-refractivity contribution in [1.29, 1.82) is 0 Å². The first-order valence-electron chi connectivity index (χ1n) is 4.32. The van der Waals surface area contributed by atoms with Crippen LogP contribution >= 0.6 is 7.60 Å². The quantitative estimate of drug-likeness (QED) is 0.754. The minimum atomic E-state index is -3.96. The van der Waals surface area contributed by atoms with Gasteiger partial charge in [-0.3, -0.25) is 4.57 Å². The fraction of sp³-hybridized carbons (Fsp3) is 0.400. The SMILES string of the molecule is CC(C)(CP(=O)(O)O)c1cc[c]cc1. The first kappa shape index (κ1) is 11.4. The first-order valence-corrected chi connectivity index (χ1v) is 6.12. The summed E-state index contributed by atoms with van der Waals surface area (Å²) in [6.45, 7) is 3.64. The summed E-state index contributed by atoms with van der Waals surface area (Å²) in [7, 11) is -3.96. The highest BCUT2D eigenvalue weighted by Crippen LogP contribution is 2.42. The van der Waals surface area contributed by atoms with E-state index in [2.05, 4.69) is 6.07 Å². The highest BCUT2D eigenvalue weighted by molar-refractivity contribution is 7.51. The molecule has 14 heavy (non-hydrogen) atoms. The van der Waals surface area contributed by atoms with E-state index in [-0.39, 0.29) is 6.16 Å². The lowest BCUT2D eigenvalue weighted by atomic mass is 9.87. The number of benzene rings is 1. The molecule has 0 bridgehead atoms. The molecule has 0 fully saturated rings. The van der Waals surface area contributed by atoms with Crippen molar-refractivity contribution in [1.82, 2.24) is 0 Å². The predicted octanol–water partition coefficient (Wildman–Crippen LogP) is 1.94. The van der Waals surface area contributed by atoms with Gasteiger partial charge < -0.3 is 9.79 Å². The van der Waals surface area contributed by atoms with Gasteiger partial charge >= 0.3 is 7.60 Å². The van der Waals surface area contributed by atoms with Crippen molar-refractivity contribution in [3.63, 3.8) is 0 Å². The van der Waals surface area contributed by atoms with Gasteiger partial charge in [-0.15, -0.1) is 0 Å². The Balaban J connectivity index is 2.92. The molecule has 4 heteroatoms. The van der Waals surface area contributed by atoms with Crippen molar-refractivity contribution in [2.75, 3.05) is 6.16 Å². The summed E-state index contributed by atoms with van der Waals surface area (Å²) in [5, 5.41) is 0. The third kappa shape index (κ3) is 3.26. The zero-order valence-electron chi connectivity index (χ0n) is 8.27. The third-order valence-corrected chi connectivity index (χ3v) is 3.30. The highest BCUT2D eigenvalue weighted by Gasteiger charge is 2.29. The average Bonchev–Trinajstić information content (AvgIpc) is 2.01. The van der Waals surface area contributed by atoms with Crippen LogP contribution in [0.25, 0.3) is 0 Å². The van der Waals surface area contributed by atoms with Crippen molar-refractivity contribution in [2.45, 2.75) is 19.3 Å². The molecule has 1 radical (unpaired) electrons. The Hall–Kier alpha value is -0.630. The fourth-order valence-electron chi connectivity index (χ4n) is 1.44. The van der Waals surface area contributed by atoms with Crippen molar-refractivity contribution in [3.8, 4) is 0 Å². The Morgan fingerprint density at radius 2 is 1.86 bits per heavy atom. The second-order valence-corrected chi connectivity index (χ2v) is 5.64. The maximum atomic E-state index is 10.9. The van der Waals surface area contributed by atoms with Crippen LogP contribution < -0.4 is 0 Å². The minimum absolute atomic E-state index is 0.135. The molecule has 0 heterocycles. The lowest BCUT2D eigenvalue weighted by molar-refractivity contribution is 0.359. The van der Waals surface area contributed by atoms with E-state index < -0.39 is 13.0 Å². The first-order chi connectivity index (χ1) is 6.31. The summed E-state index contributed by atoms with van der Waals surface area (Å²) in [5.41, 5.74) is 0.410. The van der Waals surface area contributed by atoms with Crippen LogP contribution in [-0.4, -0.2) is 15.9 Å². The molecule has 0 atom stereocenters. The van der Waals surface area contributed by atoms with Crippen LogP contribution in [0.15, 0.2) is 24.3 Å². The van der Waals surface area contributed by atoms with Crippen molar-refractivity contribution < 1.29 is 14.4 Å². The number of rotatable bonds is 3. The largest absolute Gasteiger partial charge is 0.326 e. The van der Waals surface area contributed by atoms with Crippen molar-refractivity contribution in [2.24, 2.45) is 0 Å². The minimum Gasteiger partial charge on any atom is -0.324 e. The summed E-state index contributed by atoms with van der Waals surface area (Å²) >= 11 is 0. The summed E-state index contributed by atoms with van der Waals surface area (Å²) in [6, 6.07) is 10.0. The molecular weight excluding hydrogens is 199 g/mol. The van der Waals surface area contributed by atoms with Crippen molar-refractivity contribution in [3.05, 3.63) is 35.9 Å². The molecule has 0 aliphatic carbocycles. The van der Waals surface area contributed by atoms with Gasteiger partial charge in [0.15, 0.2) is 0 Å². The van der Waals surface area contributed by atoms with Crippen molar-refractivity contribution >= 4 is 7.60 Å². The Kier molecular flexibility index (Phi) is 3.15. The summed E-state index contributed by atoms with van der Waals surface area (Å²) in [6.07, 6.45) is -0.135. The van der Waals surface area contributed by atoms with Gasteiger partial charge in [-0.05, 0) is 11.6 Å². The number of hydrogen-bond donors (Lipinski definition) is 2. The predicted molar refractivity (Wildman–Crippen MR) is 55.2 cm³/mol. The summed E-state index contributed by atoms with van der Waals surface area (Å²) in [5.74, 6) is 0. The van der Waals surface area contributed by atoms with E-state index in [1.54, 1.807) is 12.1 Å². The third-order valence-electron chi connectivity index (χ3n) is 2.10. The molecule has 0 spiro atoms. The van der Waals surface area contributed by atoms with Gasteiger partial charge in [-0.2, -0.15) is 0 Å². The fourth-order valence-corrected chi connectivity index (χ4v) is 2.66. The maximum absolute atomic E-state index is 10.9. The number of hydrogen-bond acceptors (Lipinski definition) is 1. The second-order valence-electron chi connectivity index (χ2n) is 4.00. The molecule has 0 saturated carbocycles. The zero-order chi connectivity index (χ0) is 10.8. The molecule has 0 saturated heterocycles. The van der Waals surface area contributed by atoms with E-state index in [0.717, 1.165) is 5.56 Å². The normalized spacial score (nSPS) is 12.9. The van der Waals surface area contributed by atoms with Gasteiger partial charge in [0.25, 0.3) is 0 Å². The van der Waals surface area contributed by atoms with Crippen LogP contribution in [0.3, 0.4) is 0 Å². The molecule has 2 N–H and O–H groups in total. The lowest BCUT2D eigenvalue weighted by Crippen LogP contribution is -2.22. The molecule has 0 aliphatic heterocycles.